The van der Waals surface area contributed by atoms with E-state index < -0.39 is 35.6 Å². The Morgan fingerprint density at radius 1 is 0.338 bits per heavy atom. The summed E-state index contributed by atoms with van der Waals surface area (Å²) in [6, 6.07) is 33.2. The Kier molecular flexibility index (Phi) is 36.7. The number of aromatic nitrogens is 18. The molecule has 0 unspecified atom stereocenters. The molecule has 4 aliphatic rings. The SMILES string of the molecule is C=C(CC(C)(C)C)Nc1nc2ccc(Cl)nc2n1CC(C)C.C=C(CC(C)C)Nc1nc2ccc(Cl)nc2n1CC(C)C.CC(C)(C)CC(=O)Nc1nc2ccc(C(F)(F)F)nc2n1C1CCC1.Cc1ccc(CC(=O)Nc2nc3ccc(C(F)(F)F)nc3n2C2CCC2)cc1.Cc1ccc(CC(=O)Nc2nc3ccc(Cl)nc3n2CC(C)C)cc1.O=C(CCC1CCCC1)Nc1nc2ccc(C(F)(F)F)nc2n1C1CCC1. The lowest BCUT2D eigenvalue weighted by molar-refractivity contribution is -0.141. The minimum atomic E-state index is -4.53. The number of anilines is 6. The molecule has 2 aromatic carbocycles. The summed E-state index contributed by atoms with van der Waals surface area (Å²) in [6.45, 7) is 44.2. The van der Waals surface area contributed by atoms with Crippen molar-refractivity contribution in [3.8, 4) is 0 Å². The van der Waals surface area contributed by atoms with Gasteiger partial charge >= 0.3 is 18.5 Å². The molecule has 4 amide bonds. The van der Waals surface area contributed by atoms with Crippen LogP contribution in [0.3, 0.4) is 0 Å². The summed E-state index contributed by atoms with van der Waals surface area (Å²) >= 11 is 18.1. The van der Waals surface area contributed by atoms with E-state index >= 15 is 0 Å². The molecule has 0 bridgehead atoms. The molecule has 4 fully saturated rings. The zero-order valence-corrected chi connectivity index (χ0v) is 88.8. The third-order valence-corrected chi connectivity index (χ3v) is 25.6. The van der Waals surface area contributed by atoms with Crippen molar-refractivity contribution in [1.29, 1.82) is 0 Å². The Labute approximate surface area is 870 Å². The molecule has 12 heterocycles. The van der Waals surface area contributed by atoms with Gasteiger partial charge in [-0.2, -0.15) is 39.5 Å². The van der Waals surface area contributed by atoms with Crippen molar-refractivity contribution in [1.82, 2.24) is 87.2 Å². The third-order valence-electron chi connectivity index (χ3n) is 25.0. The van der Waals surface area contributed by atoms with Gasteiger partial charge in [0.15, 0.2) is 33.9 Å². The number of imidazole rings is 6. The van der Waals surface area contributed by atoms with Crippen LogP contribution in [0.2, 0.25) is 15.5 Å². The van der Waals surface area contributed by atoms with Gasteiger partial charge in [-0.25, -0.2) is 59.8 Å². The zero-order chi connectivity index (χ0) is 107. The number of halogens is 12. The highest BCUT2D eigenvalue weighted by atomic mass is 35.5. The number of nitrogens with zero attached hydrogens (tertiary/aromatic N) is 18. The molecule has 6 N–H and O–H groups in total. The number of amides is 4. The van der Waals surface area contributed by atoms with Crippen molar-refractivity contribution >= 4 is 161 Å². The predicted molar refractivity (Wildman–Crippen MR) is 567 cm³/mol. The summed E-state index contributed by atoms with van der Waals surface area (Å²) in [5.74, 6) is 4.74. The lowest BCUT2D eigenvalue weighted by atomic mass is 9.91. The van der Waals surface area contributed by atoms with E-state index in [0.29, 0.717) is 105 Å². The fourth-order valence-corrected chi connectivity index (χ4v) is 18.0. The topological polar surface area (TPSA) is 325 Å². The summed E-state index contributed by atoms with van der Waals surface area (Å²) in [7, 11) is 0. The van der Waals surface area contributed by atoms with Gasteiger partial charge < -0.3 is 10.6 Å². The number of hydrogen-bond acceptors (Lipinski definition) is 18. The van der Waals surface area contributed by atoms with E-state index in [1.807, 2.05) is 106 Å². The molecule has 0 saturated heterocycles. The second-order valence-electron chi connectivity index (χ2n) is 42.8. The standard InChI is InChI=1S/C20H19F3N4O.C19H21ClN4O.C19H23F3N4O.C17H25ClN4.C17H21F3N4O.C16H23ClN4/c1-12-5-7-13(8-6-12)11-17(28)26-19-24-15-9-10-16(20(21,22)23)25-18(15)27(19)14-3-2-4-14;1-12(2)11-24-18-15(8-9-16(20)22-18)21-19(24)23-17(25)10-14-6-4-13(3)5-7-14;20-19(21,22)15-10-9-14-17(24-15)26(13-6-3-7-13)18(23-14)25-16(27)11-8-12-4-1-2-5-12;1-11(2)10-22-15-13(7-8-14(18)21-15)20-16(22)19-12(3)9-17(4,5)6;1-16(2,3)9-13(25)23-15-21-11-7-8-12(17(18,19)20)22-14(11)24(15)10-5-4-6-10;1-10(2)8-12(5)18-16-19-13-6-7-14(17)20-15(13)21(16)9-11(3)4/h5-10,14H,2-4,11H2,1H3,(H,24,26,28);4-9,12H,10-11H2,1-3H3,(H,21,23,25);9-10,12-13H,1-8,11H2,(H,23,25,27);7-8,11H,3,9-10H2,1-2,4-6H3,(H,19,20);7-8,10H,4-6,9H2,1-3H3,(H,21,23,25);6-7,10-11H,5,8-9H2,1-4H3,(H,18,19). The molecule has 12 aromatic heterocycles. The Morgan fingerprint density at radius 3 is 0.932 bits per heavy atom. The van der Waals surface area contributed by atoms with Crippen molar-refractivity contribution in [3.63, 3.8) is 0 Å². The van der Waals surface area contributed by atoms with Crippen molar-refractivity contribution < 1.29 is 58.7 Å². The molecule has 792 valence electrons. The van der Waals surface area contributed by atoms with Crippen LogP contribution in [0.1, 0.15) is 270 Å². The van der Waals surface area contributed by atoms with E-state index in [9.17, 15) is 58.7 Å². The molecule has 0 spiro atoms. The Morgan fingerprint density at radius 2 is 0.628 bits per heavy atom. The first-order valence-electron chi connectivity index (χ1n) is 50.4. The normalized spacial score (nSPS) is 14.3. The van der Waals surface area contributed by atoms with Crippen molar-refractivity contribution in [2.75, 3.05) is 31.9 Å². The number of pyridine rings is 6. The van der Waals surface area contributed by atoms with Crippen molar-refractivity contribution in [2.24, 2.45) is 40.4 Å². The molecule has 148 heavy (non-hydrogen) atoms. The average molecular weight is 2110 g/mol. The van der Waals surface area contributed by atoms with Crippen molar-refractivity contribution in [2.45, 2.75) is 295 Å². The maximum atomic E-state index is 13.1. The minimum Gasteiger partial charge on any atom is -0.330 e. The second kappa shape index (κ2) is 48.3. The van der Waals surface area contributed by atoms with E-state index in [4.69, 9.17) is 34.8 Å². The third kappa shape index (κ3) is 30.8. The average Bonchev–Trinajstić information content (AvgIpc) is 1.53. The second-order valence-corrected chi connectivity index (χ2v) is 43.9. The van der Waals surface area contributed by atoms with Gasteiger partial charge in [0.05, 0.1) is 12.8 Å². The smallest absolute Gasteiger partial charge is 0.330 e. The molecule has 0 atom stereocenters. The number of rotatable bonds is 28. The van der Waals surface area contributed by atoms with E-state index in [-0.39, 0.29) is 87.8 Å². The molecule has 4 aliphatic carbocycles. The van der Waals surface area contributed by atoms with Gasteiger partial charge in [-0.05, 0) is 215 Å². The molecule has 0 aliphatic heterocycles. The number of hydrogen-bond donors (Lipinski definition) is 6. The minimum absolute atomic E-state index is 0.00402. The monoisotopic (exact) mass is 2100 g/mol. The fourth-order valence-electron chi connectivity index (χ4n) is 17.6. The summed E-state index contributed by atoms with van der Waals surface area (Å²) in [5, 5.41) is 19.3. The number of aryl methyl sites for hydroxylation is 2. The summed E-state index contributed by atoms with van der Waals surface area (Å²) < 4.78 is 128. The van der Waals surface area contributed by atoms with E-state index in [2.05, 4.69) is 190 Å². The first kappa shape index (κ1) is 113. The first-order valence-corrected chi connectivity index (χ1v) is 51.5. The molecule has 4 saturated carbocycles. The van der Waals surface area contributed by atoms with Gasteiger partial charge in [0.1, 0.15) is 65.6 Å². The number of nitrogens with one attached hydrogen (secondary N) is 6. The van der Waals surface area contributed by atoms with Crippen LogP contribution in [0.4, 0.5) is 75.2 Å². The predicted octanol–water partition coefficient (Wildman–Crippen LogP) is 28.3. The number of carbonyl (C=O) groups excluding carboxylic acids is 4. The van der Waals surface area contributed by atoms with E-state index in [1.54, 1.807) is 31.9 Å². The van der Waals surface area contributed by atoms with Gasteiger partial charge in [0, 0.05) is 62.0 Å². The molecular weight excluding hydrogens is 1970 g/mol. The quantitative estimate of drug-likeness (QED) is 0.0196. The van der Waals surface area contributed by atoms with Crippen LogP contribution >= 0.6 is 34.8 Å². The summed E-state index contributed by atoms with van der Waals surface area (Å²) in [4.78, 5) is 101. The van der Waals surface area contributed by atoms with Crippen LogP contribution in [0, 0.1) is 54.3 Å². The molecule has 14 aromatic rings. The zero-order valence-electron chi connectivity index (χ0n) is 86.6. The first-order chi connectivity index (χ1) is 69.7. The van der Waals surface area contributed by atoms with Crippen LogP contribution < -0.4 is 31.9 Å². The van der Waals surface area contributed by atoms with Crippen molar-refractivity contribution in [3.05, 3.63) is 201 Å². The maximum Gasteiger partial charge on any atom is 0.433 e. The van der Waals surface area contributed by atoms with Gasteiger partial charge in [0.25, 0.3) is 0 Å². The number of fused-ring (bicyclic) bond motifs is 6. The Balaban J connectivity index is 0.000000149. The highest BCUT2D eigenvalue weighted by Gasteiger charge is 2.39. The van der Waals surface area contributed by atoms with Crippen LogP contribution in [-0.4, -0.2) is 111 Å². The van der Waals surface area contributed by atoms with Crippen LogP contribution in [0.25, 0.3) is 67.0 Å². The fraction of sp³-hybridized carbons (Fsp3) is 0.481. The molecule has 18 rings (SSSR count). The lowest BCUT2D eigenvalue weighted by Crippen LogP contribution is -2.25. The lowest BCUT2D eigenvalue weighted by Gasteiger charge is -2.28. The Hall–Kier alpha value is -12.6. The van der Waals surface area contributed by atoms with Crippen LogP contribution in [0.15, 0.2) is 146 Å². The number of allylic oxidation sites excluding steroid dienone is 2. The number of benzene rings is 2. The molecular formula is C108H132Cl3F9N24O4. The van der Waals surface area contributed by atoms with Crippen LogP contribution in [0.5, 0.6) is 0 Å². The molecule has 0 radical (unpaired) electrons. The van der Waals surface area contributed by atoms with E-state index in [1.165, 1.54) is 49.4 Å². The van der Waals surface area contributed by atoms with Gasteiger partial charge in [0.2, 0.25) is 59.3 Å². The highest BCUT2D eigenvalue weighted by molar-refractivity contribution is 6.30. The summed E-state index contributed by atoms with van der Waals surface area (Å²) in [6.07, 6.45) is 3.13. The number of carbonyl (C=O) groups is 4. The van der Waals surface area contributed by atoms with Crippen LogP contribution in [-0.2, 0) is 70.2 Å². The largest absolute Gasteiger partial charge is 0.433 e. The Bertz CT molecular complexity index is 7030. The maximum absolute atomic E-state index is 13.1. The number of alkyl halides is 9. The van der Waals surface area contributed by atoms with Gasteiger partial charge in [-0.3, -0.25) is 67.8 Å². The highest BCUT2D eigenvalue weighted by Crippen LogP contribution is 2.44. The summed E-state index contributed by atoms with van der Waals surface area (Å²) in [5.41, 5.74) is 9.47. The van der Waals surface area contributed by atoms with Gasteiger partial charge in [-0.15, -0.1) is 0 Å². The van der Waals surface area contributed by atoms with Gasteiger partial charge in [-0.1, -0.05) is 230 Å². The molecule has 28 nitrogen and oxygen atoms in total. The molecule has 40 heteroatoms. The van der Waals surface area contributed by atoms with E-state index in [0.717, 1.165) is 176 Å².